The molecule has 45 heavy (non-hydrogen) atoms. The molecule has 1 fully saturated rings. The topological polar surface area (TPSA) is 147 Å². The van der Waals surface area contributed by atoms with Gasteiger partial charge in [-0.25, -0.2) is 0 Å². The van der Waals surface area contributed by atoms with Crippen molar-refractivity contribution in [1.82, 2.24) is 20.4 Å². The van der Waals surface area contributed by atoms with Gasteiger partial charge in [-0.3, -0.25) is 19.4 Å². The summed E-state index contributed by atoms with van der Waals surface area (Å²) in [7, 11) is 2.01. The molecule has 4 heterocycles. The van der Waals surface area contributed by atoms with Crippen LogP contribution in [0.5, 0.6) is 23.0 Å². The van der Waals surface area contributed by atoms with Crippen LogP contribution in [0.2, 0.25) is 0 Å². The fourth-order valence-electron chi connectivity index (χ4n) is 7.86. The van der Waals surface area contributed by atoms with Crippen LogP contribution >= 0.6 is 0 Å². The zero-order valence-corrected chi connectivity index (χ0v) is 31.5. The molecule has 4 aliphatic rings. The summed E-state index contributed by atoms with van der Waals surface area (Å²) < 4.78 is 11.8. The van der Waals surface area contributed by atoms with Crippen molar-refractivity contribution in [2.45, 2.75) is 96.6 Å². The molecule has 11 nitrogen and oxygen atoms in total. The SMILES string of the molecule is CCCC(=O)N[C@@H](C)C(=O)NC[C@H]1c2c(c(O)c(C)c3c2OCO3)CC2[C@H]3c4c(cc(C)c(C)c4O)C[C@H]([C@H](C#N)N21)N3C.[Ac]. The molecule has 0 aromatic heterocycles. The number of aromatic hydroxyl groups is 2. The first kappa shape index (κ1) is 33.8. The summed E-state index contributed by atoms with van der Waals surface area (Å²) in [4.78, 5) is 29.8. The Morgan fingerprint density at radius 1 is 1.09 bits per heavy atom. The van der Waals surface area contributed by atoms with E-state index in [1.165, 1.54) is 0 Å². The molecule has 0 saturated carbocycles. The van der Waals surface area contributed by atoms with Crippen LogP contribution in [0.1, 0.15) is 77.7 Å². The van der Waals surface area contributed by atoms with Crippen LogP contribution in [-0.4, -0.2) is 76.4 Å². The number of amides is 2. The van der Waals surface area contributed by atoms with Gasteiger partial charge < -0.3 is 30.3 Å². The Morgan fingerprint density at radius 2 is 1.80 bits per heavy atom. The van der Waals surface area contributed by atoms with E-state index in [1.807, 2.05) is 27.8 Å². The number of carbonyl (C=O) groups excluding carboxylic acids is 2. The van der Waals surface area contributed by atoms with Crippen molar-refractivity contribution in [2.75, 3.05) is 20.4 Å². The van der Waals surface area contributed by atoms with Gasteiger partial charge in [0.25, 0.3) is 0 Å². The minimum Gasteiger partial charge on any atom is -0.507 e. The quantitative estimate of drug-likeness (QED) is 0.346. The predicted molar refractivity (Wildman–Crippen MR) is 162 cm³/mol. The van der Waals surface area contributed by atoms with Crippen molar-refractivity contribution in [3.05, 3.63) is 45.0 Å². The van der Waals surface area contributed by atoms with Gasteiger partial charge in [0.1, 0.15) is 23.6 Å². The smallest absolute Gasteiger partial charge is 0.242 e. The molecular weight excluding hydrogens is 789 g/mol. The number of benzene rings is 2. The van der Waals surface area contributed by atoms with E-state index in [2.05, 4.69) is 32.6 Å². The number of nitriles is 1. The Hall–Kier alpha value is -2.57. The molecule has 6 atom stereocenters. The van der Waals surface area contributed by atoms with Crippen LogP contribution in [-0.2, 0) is 22.4 Å². The number of piperazine rings is 1. The molecule has 1 radical (unpaired) electrons. The number of rotatable bonds is 6. The molecule has 4 N–H and O–H groups in total. The first-order valence-electron chi connectivity index (χ1n) is 15.4. The molecule has 4 aliphatic heterocycles. The number of aryl methyl sites for hydroxylation is 1. The van der Waals surface area contributed by atoms with E-state index in [4.69, 9.17) is 9.47 Å². The van der Waals surface area contributed by atoms with Gasteiger partial charge in [0.05, 0.1) is 18.2 Å². The van der Waals surface area contributed by atoms with Crippen LogP contribution in [0.25, 0.3) is 0 Å². The number of hydrogen-bond donors (Lipinski definition) is 4. The Morgan fingerprint density at radius 3 is 2.49 bits per heavy atom. The van der Waals surface area contributed by atoms with E-state index in [0.717, 1.165) is 22.3 Å². The number of phenols is 2. The molecule has 2 bridgehead atoms. The fourth-order valence-corrected chi connectivity index (χ4v) is 7.86. The minimum atomic E-state index is -0.752. The molecule has 1 unspecified atom stereocenters. The fraction of sp³-hybridized carbons (Fsp3) is 0.545. The molecule has 237 valence electrons. The number of fused-ring (bicyclic) bond motifs is 9. The summed E-state index contributed by atoms with van der Waals surface area (Å²) in [6, 6.07) is 2.10. The van der Waals surface area contributed by atoms with Crippen LogP contribution in [0, 0.1) is 76.2 Å². The Balaban J connectivity index is 0.00000400. The second-order valence-corrected chi connectivity index (χ2v) is 12.6. The Kier molecular flexibility index (Phi) is 9.69. The first-order chi connectivity index (χ1) is 21.0. The zero-order valence-electron chi connectivity index (χ0n) is 26.7. The van der Waals surface area contributed by atoms with Gasteiger partial charge in [-0.15, -0.1) is 0 Å². The molecule has 1 saturated heterocycles. The van der Waals surface area contributed by atoms with E-state index in [0.29, 0.717) is 53.9 Å². The van der Waals surface area contributed by atoms with Gasteiger partial charge in [0.15, 0.2) is 11.5 Å². The van der Waals surface area contributed by atoms with E-state index >= 15 is 0 Å². The molecule has 6 rings (SSSR count). The Labute approximate surface area is 299 Å². The predicted octanol–water partition coefficient (Wildman–Crippen LogP) is 2.94. The minimum absolute atomic E-state index is 0. The van der Waals surface area contributed by atoms with Crippen LogP contribution in [0.4, 0.5) is 0 Å². The van der Waals surface area contributed by atoms with Crippen molar-refractivity contribution in [3.63, 3.8) is 0 Å². The number of nitrogens with one attached hydrogen (secondary N) is 2. The summed E-state index contributed by atoms with van der Waals surface area (Å²) in [5, 5.41) is 39.6. The summed E-state index contributed by atoms with van der Waals surface area (Å²) in [5.41, 5.74) is 5.70. The maximum atomic E-state index is 13.3. The average Bonchev–Trinajstić information content (AvgIpc) is 3.48. The van der Waals surface area contributed by atoms with E-state index in [9.17, 15) is 25.1 Å². The normalized spacial score (nSPS) is 25.1. The van der Waals surface area contributed by atoms with Gasteiger partial charge in [-0.1, -0.05) is 13.0 Å². The van der Waals surface area contributed by atoms with E-state index in [-0.39, 0.29) is 98.8 Å². The van der Waals surface area contributed by atoms with Gasteiger partial charge in [-0.05, 0) is 70.7 Å². The standard InChI is InChI=1S/C33H41N5O6.Ac/c1-7-8-25(39)36-18(5)33(42)35-13-24-27-20(29(40)17(4)31-32(27)44-14-43-31)11-22-28-26-19(9-15(2)16(3)30(26)41)10-21(37(28)6)23(12-34)38(22)24;/h9,18,21-24,28,40-41H,7-8,10-11,13-14H2,1-6H3,(H,35,42)(H,36,39);/t18-,21+,22?,23-,24-,28-;/m0./s1. The van der Waals surface area contributed by atoms with Crippen LogP contribution in [0.3, 0.4) is 0 Å². The number of nitrogens with zero attached hydrogens (tertiary/aromatic N) is 3. The monoisotopic (exact) mass is 830 g/mol. The average molecular weight is 831 g/mol. The molecule has 0 spiro atoms. The van der Waals surface area contributed by atoms with Gasteiger partial charge in [-0.2, -0.15) is 5.26 Å². The molecule has 2 amide bonds. The first-order valence-corrected chi connectivity index (χ1v) is 15.4. The molecule has 12 heteroatoms. The number of carbonyl (C=O) groups is 2. The third-order valence-electron chi connectivity index (χ3n) is 10.2. The van der Waals surface area contributed by atoms with Crippen molar-refractivity contribution >= 4 is 11.8 Å². The largest absolute Gasteiger partial charge is 0.507 e. The number of phenolic OH excluding ortho intramolecular Hbond substituents is 2. The van der Waals surface area contributed by atoms with E-state index < -0.39 is 18.1 Å². The third kappa shape index (κ3) is 5.38. The van der Waals surface area contributed by atoms with Gasteiger partial charge in [0, 0.05) is 91.4 Å². The third-order valence-corrected chi connectivity index (χ3v) is 10.2. The molecule has 2 aromatic carbocycles. The number of hydrogen-bond acceptors (Lipinski definition) is 9. The van der Waals surface area contributed by atoms with Crippen molar-refractivity contribution in [2.24, 2.45) is 0 Å². The molecule has 2 aromatic rings. The maximum absolute atomic E-state index is 13.3. The number of likely N-dealkylation sites (N-methyl/N-ethyl adjacent to an activating group) is 1. The van der Waals surface area contributed by atoms with Gasteiger partial charge >= 0.3 is 0 Å². The van der Waals surface area contributed by atoms with Crippen molar-refractivity contribution in [1.29, 1.82) is 5.26 Å². The summed E-state index contributed by atoms with van der Waals surface area (Å²) >= 11 is 0. The Bertz CT molecular complexity index is 1590. The summed E-state index contributed by atoms with van der Waals surface area (Å²) in [5.74, 6) is 0.826. The summed E-state index contributed by atoms with van der Waals surface area (Å²) in [6.07, 6.45) is 1.99. The summed E-state index contributed by atoms with van der Waals surface area (Å²) in [6.45, 7) is 9.37. The number of ether oxygens (including phenoxy) is 2. The van der Waals surface area contributed by atoms with E-state index in [1.54, 1.807) is 13.8 Å². The molecule has 0 aliphatic carbocycles. The van der Waals surface area contributed by atoms with Gasteiger partial charge in [0.2, 0.25) is 18.6 Å². The van der Waals surface area contributed by atoms with Crippen molar-refractivity contribution < 1.29 is 73.3 Å². The second-order valence-electron chi connectivity index (χ2n) is 12.6. The maximum Gasteiger partial charge on any atom is 0.242 e. The second kappa shape index (κ2) is 12.9. The zero-order chi connectivity index (χ0) is 31.6. The van der Waals surface area contributed by atoms with Crippen molar-refractivity contribution in [3.8, 4) is 29.1 Å². The molecular formula is C33H41AcN5O6. The van der Waals surface area contributed by atoms with Crippen LogP contribution < -0.4 is 20.1 Å². The van der Waals surface area contributed by atoms with Crippen LogP contribution in [0.15, 0.2) is 6.07 Å².